The molecule has 0 aliphatic heterocycles. The summed E-state index contributed by atoms with van der Waals surface area (Å²) in [7, 11) is 1.24. The van der Waals surface area contributed by atoms with E-state index in [1.807, 2.05) is 0 Å². The van der Waals surface area contributed by atoms with Gasteiger partial charge >= 0.3 is 5.97 Å². The predicted molar refractivity (Wildman–Crippen MR) is 65.5 cm³/mol. The first-order chi connectivity index (χ1) is 8.10. The summed E-state index contributed by atoms with van der Waals surface area (Å²) >= 11 is 3.12. The third-order valence-corrected chi connectivity index (χ3v) is 2.64. The third kappa shape index (κ3) is 3.32. The molecule has 6 nitrogen and oxygen atoms in total. The Morgan fingerprint density at radius 2 is 2.47 bits per heavy atom. The molecule has 0 aliphatic carbocycles. The standard InChI is InChI=1S/C10H10BrN3O3/c1-3-4-12-7-5-13-14(6-8(15)17-2)10(16)9(7)11/h1,5,12H,4,6H2,2H3. The second-order valence-corrected chi connectivity index (χ2v) is 3.76. The number of carbonyl (C=O) groups is 1. The first kappa shape index (κ1) is 13.3. The van der Waals surface area contributed by atoms with E-state index in [2.05, 4.69) is 37.0 Å². The molecule has 0 unspecified atom stereocenters. The number of ether oxygens (including phenoxy) is 1. The molecule has 0 atom stereocenters. The van der Waals surface area contributed by atoms with E-state index in [4.69, 9.17) is 6.42 Å². The first-order valence-corrected chi connectivity index (χ1v) is 5.39. The van der Waals surface area contributed by atoms with Crippen LogP contribution >= 0.6 is 15.9 Å². The van der Waals surface area contributed by atoms with Gasteiger partial charge in [-0.05, 0) is 15.9 Å². The van der Waals surface area contributed by atoms with Gasteiger partial charge < -0.3 is 10.1 Å². The Morgan fingerprint density at radius 3 is 3.06 bits per heavy atom. The van der Waals surface area contributed by atoms with Crippen molar-refractivity contribution in [3.05, 3.63) is 21.0 Å². The largest absolute Gasteiger partial charge is 0.468 e. The molecule has 1 rings (SSSR count). The highest BCUT2D eigenvalue weighted by Crippen LogP contribution is 2.15. The van der Waals surface area contributed by atoms with Gasteiger partial charge in [0, 0.05) is 0 Å². The number of methoxy groups -OCH3 is 1. The fourth-order valence-corrected chi connectivity index (χ4v) is 1.48. The highest BCUT2D eigenvalue weighted by Gasteiger charge is 2.11. The minimum absolute atomic E-state index is 0.233. The molecular formula is C10H10BrN3O3. The zero-order chi connectivity index (χ0) is 12.8. The van der Waals surface area contributed by atoms with E-state index in [1.54, 1.807) is 0 Å². The van der Waals surface area contributed by atoms with Crippen molar-refractivity contribution in [3.63, 3.8) is 0 Å². The number of esters is 1. The number of halogens is 1. The molecule has 17 heavy (non-hydrogen) atoms. The molecule has 1 aromatic rings. The summed E-state index contributed by atoms with van der Waals surface area (Å²) in [5, 5.41) is 6.65. The Balaban J connectivity index is 2.99. The van der Waals surface area contributed by atoms with Crippen molar-refractivity contribution >= 4 is 27.6 Å². The van der Waals surface area contributed by atoms with Crippen LogP contribution in [0.15, 0.2) is 15.5 Å². The van der Waals surface area contributed by atoms with Crippen LogP contribution in [0, 0.1) is 12.3 Å². The van der Waals surface area contributed by atoms with Gasteiger partial charge in [0.2, 0.25) is 0 Å². The Morgan fingerprint density at radius 1 is 1.76 bits per heavy atom. The minimum atomic E-state index is -0.546. The van der Waals surface area contributed by atoms with Gasteiger partial charge in [0.05, 0.1) is 25.5 Å². The van der Waals surface area contributed by atoms with Crippen LogP contribution in [-0.4, -0.2) is 29.4 Å². The first-order valence-electron chi connectivity index (χ1n) is 4.60. The summed E-state index contributed by atoms with van der Waals surface area (Å²) in [5.74, 6) is 1.83. The van der Waals surface area contributed by atoms with Crippen LogP contribution in [0.5, 0.6) is 0 Å². The molecule has 0 aliphatic rings. The lowest BCUT2D eigenvalue weighted by atomic mass is 10.4. The van der Waals surface area contributed by atoms with Gasteiger partial charge in [0.15, 0.2) is 0 Å². The molecule has 0 saturated heterocycles. The van der Waals surface area contributed by atoms with Gasteiger partial charge in [0.1, 0.15) is 11.0 Å². The number of anilines is 1. The Hall–Kier alpha value is -1.81. The normalized spacial score (nSPS) is 9.47. The predicted octanol–water partition coefficient (Wildman–Crippen LogP) is 0.224. The maximum atomic E-state index is 11.8. The van der Waals surface area contributed by atoms with Gasteiger partial charge in [-0.25, -0.2) is 4.68 Å². The minimum Gasteiger partial charge on any atom is -0.468 e. The second kappa shape index (κ2) is 6.06. The zero-order valence-corrected chi connectivity index (χ0v) is 10.7. The molecule has 1 N–H and O–H groups in total. The lowest BCUT2D eigenvalue weighted by Gasteiger charge is -2.07. The van der Waals surface area contributed by atoms with Crippen molar-refractivity contribution in [2.24, 2.45) is 0 Å². The Bertz CT molecular complexity index is 519. The molecule has 0 spiro atoms. The summed E-state index contributed by atoms with van der Waals surface area (Å²) in [6.07, 6.45) is 6.49. The van der Waals surface area contributed by atoms with Gasteiger partial charge in [-0.3, -0.25) is 9.59 Å². The Kier molecular flexibility index (Phi) is 4.72. The molecule has 0 amide bonds. The summed E-state index contributed by atoms with van der Waals surface area (Å²) in [5.41, 5.74) is 0.0477. The zero-order valence-electron chi connectivity index (χ0n) is 9.07. The molecule has 0 fully saturated rings. The summed E-state index contributed by atoms with van der Waals surface area (Å²) in [6.45, 7) is 0.0457. The second-order valence-electron chi connectivity index (χ2n) is 2.97. The summed E-state index contributed by atoms with van der Waals surface area (Å²) in [6, 6.07) is 0. The molecule has 0 bridgehead atoms. The molecule has 90 valence electrons. The molecule has 0 aromatic carbocycles. The van der Waals surface area contributed by atoms with Crippen molar-refractivity contribution in [2.75, 3.05) is 19.0 Å². The number of hydrogen-bond acceptors (Lipinski definition) is 5. The lowest BCUT2D eigenvalue weighted by molar-refractivity contribution is -0.141. The van der Waals surface area contributed by atoms with Crippen LogP contribution in [0.3, 0.4) is 0 Å². The summed E-state index contributed by atoms with van der Waals surface area (Å²) < 4.78 is 5.72. The van der Waals surface area contributed by atoms with Crippen LogP contribution in [0.1, 0.15) is 0 Å². The highest BCUT2D eigenvalue weighted by atomic mass is 79.9. The van der Waals surface area contributed by atoms with Crippen LogP contribution < -0.4 is 10.9 Å². The van der Waals surface area contributed by atoms with E-state index in [1.165, 1.54) is 13.3 Å². The van der Waals surface area contributed by atoms with Gasteiger partial charge in [-0.15, -0.1) is 6.42 Å². The fourth-order valence-electron chi connectivity index (χ4n) is 1.03. The molecule has 0 radical (unpaired) electrons. The average molecular weight is 300 g/mol. The van der Waals surface area contributed by atoms with Crippen LogP contribution in [-0.2, 0) is 16.1 Å². The molecule has 7 heteroatoms. The third-order valence-electron chi connectivity index (χ3n) is 1.87. The van der Waals surface area contributed by atoms with Crippen molar-refractivity contribution in [3.8, 4) is 12.3 Å². The maximum Gasteiger partial charge on any atom is 0.327 e. The SMILES string of the molecule is C#CCNc1cnn(CC(=O)OC)c(=O)c1Br. The number of nitrogens with one attached hydrogen (secondary N) is 1. The Labute approximate surface area is 106 Å². The smallest absolute Gasteiger partial charge is 0.327 e. The van der Waals surface area contributed by atoms with Crippen LogP contribution in [0.25, 0.3) is 0 Å². The van der Waals surface area contributed by atoms with E-state index in [-0.39, 0.29) is 17.6 Å². The van der Waals surface area contributed by atoms with Crippen molar-refractivity contribution in [1.82, 2.24) is 9.78 Å². The number of nitrogens with zero attached hydrogens (tertiary/aromatic N) is 2. The van der Waals surface area contributed by atoms with E-state index >= 15 is 0 Å². The molecule has 1 aromatic heterocycles. The van der Waals surface area contributed by atoms with Crippen molar-refractivity contribution in [1.29, 1.82) is 0 Å². The van der Waals surface area contributed by atoms with Crippen LogP contribution in [0.4, 0.5) is 5.69 Å². The van der Waals surface area contributed by atoms with E-state index in [9.17, 15) is 9.59 Å². The van der Waals surface area contributed by atoms with Crippen LogP contribution in [0.2, 0.25) is 0 Å². The lowest BCUT2D eigenvalue weighted by Crippen LogP contribution is -2.28. The van der Waals surface area contributed by atoms with Gasteiger partial charge in [-0.1, -0.05) is 5.92 Å². The van der Waals surface area contributed by atoms with Gasteiger partial charge in [0.25, 0.3) is 5.56 Å². The van der Waals surface area contributed by atoms with Gasteiger partial charge in [-0.2, -0.15) is 5.10 Å². The van der Waals surface area contributed by atoms with Crippen molar-refractivity contribution < 1.29 is 9.53 Å². The monoisotopic (exact) mass is 299 g/mol. The molecule has 1 heterocycles. The number of terminal acetylenes is 1. The topological polar surface area (TPSA) is 73.2 Å². The molecule has 0 saturated carbocycles. The average Bonchev–Trinajstić information content (AvgIpc) is 2.34. The number of hydrogen-bond donors (Lipinski definition) is 1. The molecular weight excluding hydrogens is 290 g/mol. The number of carbonyl (C=O) groups excluding carboxylic acids is 1. The van der Waals surface area contributed by atoms with E-state index in [0.717, 1.165) is 4.68 Å². The number of aromatic nitrogens is 2. The van der Waals surface area contributed by atoms with E-state index < -0.39 is 11.5 Å². The number of rotatable bonds is 4. The quantitative estimate of drug-likeness (QED) is 0.636. The van der Waals surface area contributed by atoms with E-state index in [0.29, 0.717) is 5.69 Å². The fraction of sp³-hybridized carbons (Fsp3) is 0.300. The summed E-state index contributed by atoms with van der Waals surface area (Å²) in [4.78, 5) is 22.8. The highest BCUT2D eigenvalue weighted by molar-refractivity contribution is 9.10. The van der Waals surface area contributed by atoms with Crippen molar-refractivity contribution in [2.45, 2.75) is 6.54 Å². The maximum absolute atomic E-state index is 11.8.